The Morgan fingerprint density at radius 2 is 1.85 bits per heavy atom. The van der Waals surface area contributed by atoms with Crippen LogP contribution in [0.3, 0.4) is 0 Å². The van der Waals surface area contributed by atoms with Crippen LogP contribution in [0.1, 0.15) is 19.5 Å². The van der Waals surface area contributed by atoms with Crippen molar-refractivity contribution in [1.82, 2.24) is 15.3 Å². The number of ether oxygens (including phenoxy) is 1. The third kappa shape index (κ3) is 6.29. The summed E-state index contributed by atoms with van der Waals surface area (Å²) < 4.78 is 5.77. The highest BCUT2D eigenvalue weighted by atomic mass is 35.5. The van der Waals surface area contributed by atoms with Crippen molar-refractivity contribution in [2.45, 2.75) is 26.4 Å². The SMILES string of the molecule is Cc1cc(N(C)C)nc(NCCNC(=O)C(C)(C)Oc2ccc(Cl)cc2)n1. The summed E-state index contributed by atoms with van der Waals surface area (Å²) in [5, 5.41) is 6.60. The number of hydrogen-bond acceptors (Lipinski definition) is 6. The van der Waals surface area contributed by atoms with Crippen molar-refractivity contribution in [3.63, 3.8) is 0 Å². The van der Waals surface area contributed by atoms with E-state index in [0.717, 1.165) is 11.5 Å². The Labute approximate surface area is 165 Å². The number of hydrogen-bond donors (Lipinski definition) is 2. The van der Waals surface area contributed by atoms with Crippen molar-refractivity contribution < 1.29 is 9.53 Å². The number of carbonyl (C=O) groups is 1. The Kier molecular flexibility index (Phi) is 6.85. The first-order valence-electron chi connectivity index (χ1n) is 8.67. The second-order valence-electron chi connectivity index (χ2n) is 6.83. The van der Waals surface area contributed by atoms with E-state index in [2.05, 4.69) is 20.6 Å². The molecule has 0 unspecified atom stereocenters. The summed E-state index contributed by atoms with van der Waals surface area (Å²) in [5.74, 6) is 1.73. The lowest BCUT2D eigenvalue weighted by atomic mass is 10.1. The Morgan fingerprint density at radius 1 is 1.19 bits per heavy atom. The lowest BCUT2D eigenvalue weighted by molar-refractivity contribution is -0.134. The topological polar surface area (TPSA) is 79.4 Å². The number of aromatic nitrogens is 2. The van der Waals surface area contributed by atoms with Crippen LogP contribution in [0, 0.1) is 6.92 Å². The Morgan fingerprint density at radius 3 is 2.48 bits per heavy atom. The quantitative estimate of drug-likeness (QED) is 0.673. The summed E-state index contributed by atoms with van der Waals surface area (Å²) in [6.45, 7) is 6.27. The minimum Gasteiger partial charge on any atom is -0.478 e. The van der Waals surface area contributed by atoms with Crippen LogP contribution in [-0.2, 0) is 4.79 Å². The number of anilines is 2. The molecular formula is C19H26ClN5O2. The zero-order valence-corrected chi connectivity index (χ0v) is 17.1. The summed E-state index contributed by atoms with van der Waals surface area (Å²) in [7, 11) is 3.85. The van der Waals surface area contributed by atoms with Gasteiger partial charge in [0.15, 0.2) is 5.60 Å². The molecule has 0 aliphatic rings. The molecule has 0 fully saturated rings. The van der Waals surface area contributed by atoms with Gasteiger partial charge in [-0.15, -0.1) is 0 Å². The molecule has 8 heteroatoms. The standard InChI is InChI=1S/C19H26ClN5O2/c1-13-12-16(25(4)5)24-18(23-13)22-11-10-21-17(26)19(2,3)27-15-8-6-14(20)7-9-15/h6-9,12H,10-11H2,1-5H3,(H,21,26)(H,22,23,24). The number of nitrogens with zero attached hydrogens (tertiary/aromatic N) is 3. The van der Waals surface area contributed by atoms with Gasteiger partial charge in [0.25, 0.3) is 5.91 Å². The maximum atomic E-state index is 12.4. The van der Waals surface area contributed by atoms with Gasteiger partial charge in [0.2, 0.25) is 5.95 Å². The molecule has 2 rings (SSSR count). The van der Waals surface area contributed by atoms with Crippen LogP contribution < -0.4 is 20.3 Å². The van der Waals surface area contributed by atoms with Gasteiger partial charge in [0.05, 0.1) is 0 Å². The lowest BCUT2D eigenvalue weighted by Crippen LogP contribution is -2.47. The molecular weight excluding hydrogens is 366 g/mol. The average Bonchev–Trinajstić information content (AvgIpc) is 2.59. The minimum absolute atomic E-state index is 0.210. The molecule has 7 nitrogen and oxygen atoms in total. The Hall–Kier alpha value is -2.54. The Bertz CT molecular complexity index is 778. The molecule has 0 aliphatic heterocycles. The van der Waals surface area contributed by atoms with Gasteiger partial charge in [0.1, 0.15) is 11.6 Å². The molecule has 0 spiro atoms. The van der Waals surface area contributed by atoms with Crippen molar-refractivity contribution in [3.8, 4) is 5.75 Å². The summed E-state index contributed by atoms with van der Waals surface area (Å²) >= 11 is 5.86. The molecule has 1 aromatic carbocycles. The molecule has 2 N–H and O–H groups in total. The molecule has 27 heavy (non-hydrogen) atoms. The van der Waals surface area contributed by atoms with Crippen molar-refractivity contribution in [1.29, 1.82) is 0 Å². The van der Waals surface area contributed by atoms with Crippen LogP contribution in [0.25, 0.3) is 0 Å². The van der Waals surface area contributed by atoms with Gasteiger partial charge in [-0.2, -0.15) is 4.98 Å². The highest BCUT2D eigenvalue weighted by Crippen LogP contribution is 2.21. The molecule has 1 aromatic heterocycles. The van der Waals surface area contributed by atoms with E-state index in [1.165, 1.54) is 0 Å². The minimum atomic E-state index is -1.01. The molecule has 146 valence electrons. The van der Waals surface area contributed by atoms with E-state index >= 15 is 0 Å². The zero-order valence-electron chi connectivity index (χ0n) is 16.3. The number of rotatable bonds is 8. The number of halogens is 1. The number of amides is 1. The van der Waals surface area contributed by atoms with Crippen LogP contribution in [0.4, 0.5) is 11.8 Å². The lowest BCUT2D eigenvalue weighted by Gasteiger charge is -2.25. The Balaban J connectivity index is 1.83. The predicted molar refractivity (Wildman–Crippen MR) is 109 cm³/mol. The number of nitrogens with one attached hydrogen (secondary N) is 2. The van der Waals surface area contributed by atoms with Gasteiger partial charge in [-0.3, -0.25) is 4.79 Å². The zero-order chi connectivity index (χ0) is 20.0. The van der Waals surface area contributed by atoms with Crippen LogP contribution in [0.15, 0.2) is 30.3 Å². The van der Waals surface area contributed by atoms with E-state index < -0.39 is 5.60 Å². The molecule has 1 amide bonds. The molecule has 0 radical (unpaired) electrons. The summed E-state index contributed by atoms with van der Waals surface area (Å²) in [6.07, 6.45) is 0. The fraction of sp³-hybridized carbons (Fsp3) is 0.421. The second kappa shape index (κ2) is 8.90. The molecule has 0 atom stereocenters. The van der Waals surface area contributed by atoms with Crippen molar-refractivity contribution in [3.05, 3.63) is 41.0 Å². The molecule has 0 aliphatic carbocycles. The number of aryl methyl sites for hydroxylation is 1. The average molecular weight is 392 g/mol. The smallest absolute Gasteiger partial charge is 0.263 e. The van der Waals surface area contributed by atoms with E-state index in [0.29, 0.717) is 29.8 Å². The fourth-order valence-electron chi connectivity index (χ4n) is 2.27. The molecule has 1 heterocycles. The monoisotopic (exact) mass is 391 g/mol. The predicted octanol–water partition coefficient (Wildman–Crippen LogP) is 2.89. The third-order valence-corrected chi connectivity index (χ3v) is 3.98. The summed E-state index contributed by atoms with van der Waals surface area (Å²) in [6, 6.07) is 8.81. The van der Waals surface area contributed by atoms with Crippen molar-refractivity contribution in [2.75, 3.05) is 37.4 Å². The van der Waals surface area contributed by atoms with Gasteiger partial charge in [-0.25, -0.2) is 4.98 Å². The van der Waals surface area contributed by atoms with Gasteiger partial charge in [-0.1, -0.05) is 11.6 Å². The van der Waals surface area contributed by atoms with E-state index in [-0.39, 0.29) is 5.91 Å². The van der Waals surface area contributed by atoms with Crippen LogP contribution in [-0.4, -0.2) is 48.7 Å². The van der Waals surface area contributed by atoms with E-state index in [1.807, 2.05) is 32.0 Å². The molecule has 2 aromatic rings. The van der Waals surface area contributed by atoms with Gasteiger partial charge in [-0.05, 0) is 45.0 Å². The van der Waals surface area contributed by atoms with E-state index in [9.17, 15) is 4.79 Å². The third-order valence-electron chi connectivity index (χ3n) is 3.73. The highest BCUT2D eigenvalue weighted by Gasteiger charge is 2.29. The van der Waals surface area contributed by atoms with Crippen LogP contribution >= 0.6 is 11.6 Å². The molecule has 0 saturated carbocycles. The van der Waals surface area contributed by atoms with E-state index in [4.69, 9.17) is 16.3 Å². The fourth-order valence-corrected chi connectivity index (χ4v) is 2.39. The number of carbonyl (C=O) groups excluding carboxylic acids is 1. The van der Waals surface area contributed by atoms with Gasteiger partial charge >= 0.3 is 0 Å². The first kappa shape index (κ1) is 20.8. The van der Waals surface area contributed by atoms with Crippen molar-refractivity contribution in [2.24, 2.45) is 0 Å². The maximum absolute atomic E-state index is 12.4. The maximum Gasteiger partial charge on any atom is 0.263 e. The first-order chi connectivity index (χ1) is 12.7. The summed E-state index contributed by atoms with van der Waals surface area (Å²) in [4.78, 5) is 23.1. The molecule has 0 bridgehead atoms. The van der Waals surface area contributed by atoms with Crippen LogP contribution in [0.5, 0.6) is 5.75 Å². The summed E-state index contributed by atoms with van der Waals surface area (Å²) in [5.41, 5.74) is -0.135. The van der Waals surface area contributed by atoms with Gasteiger partial charge < -0.3 is 20.3 Å². The van der Waals surface area contributed by atoms with Gasteiger partial charge in [0, 0.05) is 44.0 Å². The van der Waals surface area contributed by atoms with Crippen LogP contribution in [0.2, 0.25) is 5.02 Å². The normalized spacial score (nSPS) is 11.0. The largest absolute Gasteiger partial charge is 0.478 e. The van der Waals surface area contributed by atoms with E-state index in [1.54, 1.807) is 38.1 Å². The second-order valence-corrected chi connectivity index (χ2v) is 7.27. The first-order valence-corrected chi connectivity index (χ1v) is 9.05. The molecule has 0 saturated heterocycles. The van der Waals surface area contributed by atoms with Crippen molar-refractivity contribution >= 4 is 29.3 Å². The number of benzene rings is 1. The highest BCUT2D eigenvalue weighted by molar-refractivity contribution is 6.30.